The molecule has 7 nitrogen and oxygen atoms in total. The van der Waals surface area contributed by atoms with E-state index in [4.69, 9.17) is 0 Å². The van der Waals surface area contributed by atoms with E-state index in [9.17, 15) is 9.59 Å². The van der Waals surface area contributed by atoms with E-state index in [1.54, 1.807) is 6.92 Å². The molecule has 1 saturated carbocycles. The number of ether oxygens (including phenoxy) is 1. The van der Waals surface area contributed by atoms with Gasteiger partial charge in [-0.25, -0.2) is 9.78 Å². The van der Waals surface area contributed by atoms with Gasteiger partial charge in [0.05, 0.1) is 25.2 Å². The highest BCUT2D eigenvalue weighted by Crippen LogP contribution is 2.22. The fourth-order valence-corrected chi connectivity index (χ4v) is 2.80. The van der Waals surface area contributed by atoms with E-state index in [0.29, 0.717) is 17.4 Å². The first-order chi connectivity index (χ1) is 12.1. The van der Waals surface area contributed by atoms with Gasteiger partial charge in [-0.2, -0.15) is 0 Å². The summed E-state index contributed by atoms with van der Waals surface area (Å²) in [5.41, 5.74) is 0.533. The van der Waals surface area contributed by atoms with Crippen LogP contribution in [0.5, 0.6) is 0 Å². The zero-order chi connectivity index (χ0) is 18.1. The van der Waals surface area contributed by atoms with Gasteiger partial charge in [0.25, 0.3) is 0 Å². The predicted octanol–water partition coefficient (Wildman–Crippen LogP) is 2.16. The fourth-order valence-electron chi connectivity index (χ4n) is 2.80. The summed E-state index contributed by atoms with van der Waals surface area (Å²) in [5, 5.41) is 6.04. The second kappa shape index (κ2) is 9.76. The lowest BCUT2D eigenvalue weighted by atomic mass is 9.89. The summed E-state index contributed by atoms with van der Waals surface area (Å²) in [6.07, 6.45) is 12.1. The molecule has 2 N–H and O–H groups in total. The minimum atomic E-state index is -0.452. The Labute approximate surface area is 148 Å². The first-order valence-corrected chi connectivity index (χ1v) is 8.71. The maximum atomic E-state index is 12.2. The zero-order valence-corrected chi connectivity index (χ0v) is 14.8. The zero-order valence-electron chi connectivity index (χ0n) is 14.8. The third kappa shape index (κ3) is 6.52. The van der Waals surface area contributed by atoms with Crippen LogP contribution in [0.15, 0.2) is 18.5 Å². The summed E-state index contributed by atoms with van der Waals surface area (Å²) < 4.78 is 4.51. The number of anilines is 1. The van der Waals surface area contributed by atoms with E-state index in [0.717, 1.165) is 6.54 Å². The number of hydrogen-bond acceptors (Lipinski definition) is 6. The van der Waals surface area contributed by atoms with Crippen LogP contribution in [0.25, 0.3) is 6.08 Å². The van der Waals surface area contributed by atoms with Crippen molar-refractivity contribution in [2.24, 2.45) is 5.92 Å². The van der Waals surface area contributed by atoms with Gasteiger partial charge in [-0.15, -0.1) is 0 Å². The summed E-state index contributed by atoms with van der Waals surface area (Å²) in [7, 11) is 1.31. The average Bonchev–Trinajstić information content (AvgIpc) is 2.66. The molecular formula is C18H26N4O3. The molecule has 7 heteroatoms. The van der Waals surface area contributed by atoms with E-state index >= 15 is 0 Å². The Hall–Kier alpha value is -2.44. The molecule has 0 bridgehead atoms. The molecule has 0 aromatic carbocycles. The molecule has 136 valence electrons. The second-order valence-corrected chi connectivity index (χ2v) is 6.30. The normalized spacial score (nSPS) is 16.4. The maximum absolute atomic E-state index is 12.2. The Balaban J connectivity index is 1.78. The molecule has 0 spiro atoms. The summed E-state index contributed by atoms with van der Waals surface area (Å²) in [4.78, 5) is 31.6. The first kappa shape index (κ1) is 18.9. The minimum absolute atomic E-state index is 0.0398. The molecule has 1 heterocycles. The minimum Gasteiger partial charge on any atom is -0.466 e. The topological polar surface area (TPSA) is 93.2 Å². The highest BCUT2D eigenvalue weighted by atomic mass is 16.5. The lowest BCUT2D eigenvalue weighted by Gasteiger charge is -2.23. The molecule has 0 unspecified atom stereocenters. The lowest BCUT2D eigenvalue weighted by Crippen LogP contribution is -2.40. The number of nitrogens with one attached hydrogen (secondary N) is 2. The molecule has 1 amide bonds. The number of nitrogens with zero attached hydrogens (tertiary/aromatic N) is 2. The van der Waals surface area contributed by atoms with Crippen molar-refractivity contribution in [3.8, 4) is 0 Å². The van der Waals surface area contributed by atoms with Gasteiger partial charge >= 0.3 is 5.97 Å². The Morgan fingerprint density at radius 3 is 2.68 bits per heavy atom. The quantitative estimate of drug-likeness (QED) is 0.580. The van der Waals surface area contributed by atoms with Crippen LogP contribution in [0.2, 0.25) is 0 Å². The number of carbonyl (C=O) groups is 2. The largest absolute Gasteiger partial charge is 0.466 e. The van der Waals surface area contributed by atoms with Crippen LogP contribution in [0.1, 0.15) is 44.7 Å². The van der Waals surface area contributed by atoms with Gasteiger partial charge in [-0.1, -0.05) is 19.3 Å². The van der Waals surface area contributed by atoms with Gasteiger partial charge in [0.1, 0.15) is 11.9 Å². The van der Waals surface area contributed by atoms with Crippen LogP contribution in [0.4, 0.5) is 5.82 Å². The molecular weight excluding hydrogens is 320 g/mol. The van der Waals surface area contributed by atoms with Crippen LogP contribution in [0.3, 0.4) is 0 Å². The van der Waals surface area contributed by atoms with Crippen molar-refractivity contribution >= 4 is 23.8 Å². The smallest absolute Gasteiger partial charge is 0.330 e. The Kier molecular flexibility index (Phi) is 7.37. The van der Waals surface area contributed by atoms with E-state index in [-0.39, 0.29) is 5.91 Å². The highest BCUT2D eigenvalue weighted by Gasteiger charge is 2.17. The van der Waals surface area contributed by atoms with Crippen molar-refractivity contribution in [1.82, 2.24) is 15.3 Å². The van der Waals surface area contributed by atoms with Crippen LogP contribution >= 0.6 is 0 Å². The number of carbonyl (C=O) groups excluding carboxylic acids is 2. The molecule has 25 heavy (non-hydrogen) atoms. The van der Waals surface area contributed by atoms with E-state index < -0.39 is 12.0 Å². The number of amides is 1. The molecule has 1 aromatic heterocycles. The summed E-state index contributed by atoms with van der Waals surface area (Å²) in [5.74, 6) is 0.621. The third-order valence-electron chi connectivity index (χ3n) is 4.31. The molecule has 0 aliphatic heterocycles. The second-order valence-electron chi connectivity index (χ2n) is 6.30. The number of aromatic nitrogens is 2. The first-order valence-electron chi connectivity index (χ1n) is 8.71. The highest BCUT2D eigenvalue weighted by molar-refractivity contribution is 5.86. The molecule has 1 aromatic rings. The van der Waals surface area contributed by atoms with Crippen molar-refractivity contribution in [1.29, 1.82) is 0 Å². The van der Waals surface area contributed by atoms with E-state index in [2.05, 4.69) is 25.3 Å². The fraction of sp³-hybridized carbons (Fsp3) is 0.556. The number of methoxy groups -OCH3 is 1. The SMILES string of the molecule is COC(=O)C=Cc1cnc(N[C@@H](C)C(=O)NCC2CCCCC2)cn1. The van der Waals surface area contributed by atoms with Crippen LogP contribution in [0, 0.1) is 5.92 Å². The van der Waals surface area contributed by atoms with Gasteiger partial charge in [-0.3, -0.25) is 9.78 Å². The van der Waals surface area contributed by atoms with Crippen LogP contribution < -0.4 is 10.6 Å². The summed E-state index contributed by atoms with van der Waals surface area (Å²) in [6.45, 7) is 2.54. The summed E-state index contributed by atoms with van der Waals surface area (Å²) >= 11 is 0. The third-order valence-corrected chi connectivity index (χ3v) is 4.31. The monoisotopic (exact) mass is 346 g/mol. The molecule has 1 aliphatic rings. The number of hydrogen-bond donors (Lipinski definition) is 2. The summed E-state index contributed by atoms with van der Waals surface area (Å²) in [6, 6.07) is -0.394. The van der Waals surface area contributed by atoms with Gasteiger partial charge < -0.3 is 15.4 Å². The lowest BCUT2D eigenvalue weighted by molar-refractivity contribution is -0.134. The van der Waals surface area contributed by atoms with Crippen LogP contribution in [-0.2, 0) is 14.3 Å². The van der Waals surface area contributed by atoms with Gasteiger partial charge in [0, 0.05) is 12.6 Å². The van der Waals surface area contributed by atoms with Gasteiger partial charge in [0.15, 0.2) is 0 Å². The number of rotatable bonds is 7. The van der Waals surface area contributed by atoms with E-state index in [1.807, 2.05) is 0 Å². The van der Waals surface area contributed by atoms with Gasteiger partial charge in [-0.05, 0) is 31.8 Å². The van der Waals surface area contributed by atoms with Gasteiger partial charge in [0.2, 0.25) is 5.91 Å². The van der Waals surface area contributed by atoms with Crippen molar-refractivity contribution < 1.29 is 14.3 Å². The molecule has 1 fully saturated rings. The Morgan fingerprint density at radius 2 is 2.04 bits per heavy atom. The van der Waals surface area contributed by atoms with E-state index in [1.165, 1.54) is 63.8 Å². The van der Waals surface area contributed by atoms with Crippen LogP contribution in [-0.4, -0.2) is 41.5 Å². The molecule has 0 radical (unpaired) electrons. The van der Waals surface area contributed by atoms with Crippen molar-refractivity contribution in [3.05, 3.63) is 24.2 Å². The molecule has 1 atom stereocenters. The maximum Gasteiger partial charge on any atom is 0.330 e. The molecule has 0 saturated heterocycles. The van der Waals surface area contributed by atoms with Crippen molar-refractivity contribution in [2.75, 3.05) is 19.0 Å². The van der Waals surface area contributed by atoms with Crippen molar-refractivity contribution in [2.45, 2.75) is 45.1 Å². The molecule has 2 rings (SSSR count). The standard InChI is InChI=1S/C18H26N4O3/c1-13(18(24)21-10-14-6-4-3-5-7-14)22-16-12-19-15(11-20-16)8-9-17(23)25-2/h8-9,11-14H,3-7,10H2,1-2H3,(H,20,22)(H,21,24)/t13-/m0/s1. The predicted molar refractivity (Wildman–Crippen MR) is 95.8 cm³/mol. The Bertz CT molecular complexity index is 595. The number of esters is 1. The van der Waals surface area contributed by atoms with Crippen molar-refractivity contribution in [3.63, 3.8) is 0 Å². The average molecular weight is 346 g/mol. The molecule has 1 aliphatic carbocycles. The Morgan fingerprint density at radius 1 is 1.28 bits per heavy atom.